The maximum absolute atomic E-state index is 13.4. The largest absolute Gasteiger partial charge is 0.496 e. The minimum atomic E-state index is -0.132. The third-order valence-corrected chi connectivity index (χ3v) is 6.20. The van der Waals surface area contributed by atoms with E-state index < -0.39 is 0 Å². The van der Waals surface area contributed by atoms with Crippen LogP contribution < -0.4 is 10.1 Å². The molecule has 29 heavy (non-hydrogen) atoms. The van der Waals surface area contributed by atoms with Crippen molar-refractivity contribution >= 4 is 22.2 Å². The van der Waals surface area contributed by atoms with Crippen molar-refractivity contribution < 1.29 is 9.53 Å². The standard InChI is InChI=1S/C26H25NO2/c1-26(2)14-20-25(21(28)15-26)24(18-10-6-7-11-22(18)29-3)23-17-9-5-4-8-16(17)12-13-19(23)27-20/h4-13,24,27H,14-15H2,1-3H3. The Bertz CT molecular complexity index is 1170. The van der Waals surface area contributed by atoms with Crippen LogP contribution in [0.25, 0.3) is 10.8 Å². The monoisotopic (exact) mass is 383 g/mol. The summed E-state index contributed by atoms with van der Waals surface area (Å²) in [4.78, 5) is 13.4. The molecule has 1 atom stereocenters. The molecule has 1 heterocycles. The smallest absolute Gasteiger partial charge is 0.162 e. The summed E-state index contributed by atoms with van der Waals surface area (Å²) >= 11 is 0. The number of Topliss-reactive ketones (excluding diaryl/α,β-unsaturated/α-hetero) is 1. The molecule has 1 unspecified atom stereocenters. The minimum absolute atomic E-state index is 0.0391. The van der Waals surface area contributed by atoms with E-state index in [0.717, 1.165) is 34.7 Å². The Morgan fingerprint density at radius 1 is 0.966 bits per heavy atom. The lowest BCUT2D eigenvalue weighted by Gasteiger charge is -2.40. The molecule has 3 nitrogen and oxygen atoms in total. The van der Waals surface area contributed by atoms with E-state index >= 15 is 0 Å². The second kappa shape index (κ2) is 6.48. The predicted octanol–water partition coefficient (Wildman–Crippen LogP) is 6.05. The molecule has 3 aromatic rings. The molecule has 1 aliphatic carbocycles. The van der Waals surface area contributed by atoms with Crippen LogP contribution in [0.15, 0.2) is 71.9 Å². The Balaban J connectivity index is 1.84. The van der Waals surface area contributed by atoms with E-state index in [-0.39, 0.29) is 17.1 Å². The van der Waals surface area contributed by atoms with Crippen molar-refractivity contribution in [3.63, 3.8) is 0 Å². The molecular formula is C26H25NO2. The zero-order valence-corrected chi connectivity index (χ0v) is 17.1. The number of ketones is 1. The first-order valence-corrected chi connectivity index (χ1v) is 10.2. The lowest BCUT2D eigenvalue weighted by Crippen LogP contribution is -2.34. The Hall–Kier alpha value is -3.07. The number of ether oxygens (including phenoxy) is 1. The van der Waals surface area contributed by atoms with Gasteiger partial charge in [0, 0.05) is 34.9 Å². The first kappa shape index (κ1) is 18.0. The fraction of sp³-hybridized carbons (Fsp3) is 0.269. The summed E-state index contributed by atoms with van der Waals surface area (Å²) in [6.07, 6.45) is 1.44. The van der Waals surface area contributed by atoms with Gasteiger partial charge in [-0.2, -0.15) is 0 Å². The average Bonchev–Trinajstić information content (AvgIpc) is 2.71. The van der Waals surface area contributed by atoms with Gasteiger partial charge in [0.15, 0.2) is 5.78 Å². The number of rotatable bonds is 2. The number of fused-ring (bicyclic) bond motifs is 3. The fourth-order valence-corrected chi connectivity index (χ4v) is 5.02. The highest BCUT2D eigenvalue weighted by Gasteiger charge is 2.41. The van der Waals surface area contributed by atoms with Gasteiger partial charge in [-0.05, 0) is 40.3 Å². The van der Waals surface area contributed by atoms with Crippen LogP contribution in [-0.2, 0) is 4.79 Å². The molecule has 2 aliphatic rings. The molecule has 1 N–H and O–H groups in total. The van der Waals surface area contributed by atoms with E-state index in [1.54, 1.807) is 7.11 Å². The van der Waals surface area contributed by atoms with Crippen molar-refractivity contribution in [3.8, 4) is 5.75 Å². The highest BCUT2D eigenvalue weighted by Crippen LogP contribution is 2.52. The van der Waals surface area contributed by atoms with Crippen molar-refractivity contribution in [3.05, 3.63) is 83.1 Å². The third-order valence-electron chi connectivity index (χ3n) is 6.20. The summed E-state index contributed by atoms with van der Waals surface area (Å²) in [6.45, 7) is 4.34. The SMILES string of the molecule is COc1ccccc1C1C2=C(CC(C)(C)CC2=O)Nc2ccc3ccccc3c21. The van der Waals surface area contributed by atoms with E-state index in [0.29, 0.717) is 6.42 Å². The van der Waals surface area contributed by atoms with E-state index in [4.69, 9.17) is 4.74 Å². The third kappa shape index (κ3) is 2.84. The van der Waals surface area contributed by atoms with Crippen molar-refractivity contribution in [2.75, 3.05) is 12.4 Å². The Labute approximate surface area is 171 Å². The molecule has 0 spiro atoms. The van der Waals surface area contributed by atoms with Crippen LogP contribution in [-0.4, -0.2) is 12.9 Å². The molecule has 0 saturated heterocycles. The van der Waals surface area contributed by atoms with Crippen LogP contribution in [0.4, 0.5) is 5.69 Å². The predicted molar refractivity (Wildman–Crippen MR) is 117 cm³/mol. The van der Waals surface area contributed by atoms with Gasteiger partial charge in [0.2, 0.25) is 0 Å². The molecule has 0 bridgehead atoms. The number of anilines is 1. The summed E-state index contributed by atoms with van der Waals surface area (Å²) in [5.74, 6) is 0.924. The molecule has 0 amide bonds. The molecule has 3 aromatic carbocycles. The van der Waals surface area contributed by atoms with Gasteiger partial charge in [0.05, 0.1) is 7.11 Å². The molecular weight excluding hydrogens is 358 g/mol. The van der Waals surface area contributed by atoms with Crippen molar-refractivity contribution in [2.45, 2.75) is 32.6 Å². The summed E-state index contributed by atoms with van der Waals surface area (Å²) in [5, 5.41) is 5.99. The normalized spacial score (nSPS) is 20.1. The molecule has 0 aromatic heterocycles. The number of hydrogen-bond donors (Lipinski definition) is 1. The molecule has 1 aliphatic heterocycles. The fourth-order valence-electron chi connectivity index (χ4n) is 5.02. The Kier molecular flexibility index (Phi) is 4.02. The maximum atomic E-state index is 13.4. The second-order valence-electron chi connectivity index (χ2n) is 8.88. The number of methoxy groups -OCH3 is 1. The van der Waals surface area contributed by atoms with Crippen LogP contribution in [0.2, 0.25) is 0 Å². The summed E-state index contributed by atoms with van der Waals surface area (Å²) in [5.41, 5.74) is 5.23. The van der Waals surface area contributed by atoms with Crippen molar-refractivity contribution in [1.29, 1.82) is 0 Å². The lowest BCUT2D eigenvalue weighted by molar-refractivity contribution is -0.118. The first-order valence-electron chi connectivity index (χ1n) is 10.2. The summed E-state index contributed by atoms with van der Waals surface area (Å²) < 4.78 is 5.73. The summed E-state index contributed by atoms with van der Waals surface area (Å²) in [7, 11) is 1.70. The zero-order chi connectivity index (χ0) is 20.2. The number of para-hydroxylation sites is 1. The van der Waals surface area contributed by atoms with E-state index in [9.17, 15) is 4.79 Å². The number of benzene rings is 3. The highest BCUT2D eigenvalue weighted by atomic mass is 16.5. The number of carbonyl (C=O) groups excluding carboxylic acids is 1. The van der Waals surface area contributed by atoms with Crippen molar-refractivity contribution in [1.82, 2.24) is 0 Å². The van der Waals surface area contributed by atoms with Crippen LogP contribution in [0.3, 0.4) is 0 Å². The number of carbonyl (C=O) groups is 1. The second-order valence-corrected chi connectivity index (χ2v) is 8.88. The van der Waals surface area contributed by atoms with Gasteiger partial charge in [0.1, 0.15) is 5.75 Å². The maximum Gasteiger partial charge on any atom is 0.162 e. The van der Waals surface area contributed by atoms with Crippen LogP contribution in [0.1, 0.15) is 43.7 Å². The Morgan fingerprint density at radius 2 is 1.72 bits per heavy atom. The van der Waals surface area contributed by atoms with Gasteiger partial charge in [0.25, 0.3) is 0 Å². The van der Waals surface area contributed by atoms with Gasteiger partial charge < -0.3 is 10.1 Å². The molecule has 5 rings (SSSR count). The zero-order valence-electron chi connectivity index (χ0n) is 17.1. The van der Waals surface area contributed by atoms with Crippen LogP contribution in [0, 0.1) is 5.41 Å². The van der Waals surface area contributed by atoms with Crippen LogP contribution in [0.5, 0.6) is 5.75 Å². The Morgan fingerprint density at radius 3 is 2.55 bits per heavy atom. The number of hydrogen-bond acceptors (Lipinski definition) is 3. The topological polar surface area (TPSA) is 38.3 Å². The highest BCUT2D eigenvalue weighted by molar-refractivity contribution is 6.04. The molecule has 0 radical (unpaired) electrons. The van der Waals surface area contributed by atoms with Gasteiger partial charge in [-0.3, -0.25) is 4.79 Å². The molecule has 3 heteroatoms. The van der Waals surface area contributed by atoms with Gasteiger partial charge in [-0.1, -0.05) is 62.4 Å². The first-order chi connectivity index (χ1) is 14.0. The average molecular weight is 383 g/mol. The molecule has 0 saturated carbocycles. The quantitative estimate of drug-likeness (QED) is 0.585. The molecule has 146 valence electrons. The van der Waals surface area contributed by atoms with E-state index in [1.165, 1.54) is 16.3 Å². The minimum Gasteiger partial charge on any atom is -0.496 e. The molecule has 0 fully saturated rings. The van der Waals surface area contributed by atoms with Gasteiger partial charge in [-0.25, -0.2) is 0 Å². The number of allylic oxidation sites excluding steroid dienone is 2. The number of nitrogens with one attached hydrogen (secondary N) is 1. The van der Waals surface area contributed by atoms with Gasteiger partial charge in [-0.15, -0.1) is 0 Å². The van der Waals surface area contributed by atoms with Crippen LogP contribution >= 0.6 is 0 Å². The van der Waals surface area contributed by atoms with E-state index in [2.05, 4.69) is 61.6 Å². The van der Waals surface area contributed by atoms with Crippen molar-refractivity contribution in [2.24, 2.45) is 5.41 Å². The summed E-state index contributed by atoms with van der Waals surface area (Å²) in [6, 6.07) is 20.8. The van der Waals surface area contributed by atoms with Gasteiger partial charge >= 0.3 is 0 Å². The van der Waals surface area contributed by atoms with E-state index in [1.807, 2.05) is 18.2 Å². The lowest BCUT2D eigenvalue weighted by atomic mass is 9.68.